The first-order chi connectivity index (χ1) is 9.56. The van der Waals surface area contributed by atoms with E-state index in [-0.39, 0.29) is 0 Å². The lowest BCUT2D eigenvalue weighted by Crippen LogP contribution is -2.16. The molecule has 106 valence electrons. The van der Waals surface area contributed by atoms with Crippen molar-refractivity contribution in [2.45, 2.75) is 13.0 Å². The first kappa shape index (κ1) is 15.3. The molecule has 0 aliphatic heterocycles. The van der Waals surface area contributed by atoms with Crippen molar-refractivity contribution in [2.75, 3.05) is 6.54 Å². The highest BCUT2D eigenvalue weighted by Gasteiger charge is 2.06. The standard InChI is InChI=1S/C14H13Cl2NO2S/c15-11-2-1-9(13(16)6-11)3-4-17-7-12-5-10(8-20-12)14(18)19/h1-2,5-6,8,17H,3-4,7H2,(H,18,19). The van der Waals surface area contributed by atoms with E-state index in [2.05, 4.69) is 5.32 Å². The number of carboxylic acid groups (broad SMARTS) is 1. The fourth-order valence-corrected chi connectivity index (χ4v) is 3.08. The Morgan fingerprint density at radius 3 is 2.75 bits per heavy atom. The molecule has 0 saturated heterocycles. The van der Waals surface area contributed by atoms with Crippen LogP contribution in [0.15, 0.2) is 29.6 Å². The van der Waals surface area contributed by atoms with Crippen LogP contribution in [0.5, 0.6) is 0 Å². The van der Waals surface area contributed by atoms with Crippen LogP contribution in [0.4, 0.5) is 0 Å². The zero-order chi connectivity index (χ0) is 14.5. The summed E-state index contributed by atoms with van der Waals surface area (Å²) in [6, 6.07) is 7.16. The first-order valence-electron chi connectivity index (χ1n) is 6.01. The second-order valence-corrected chi connectivity index (χ2v) is 6.11. The van der Waals surface area contributed by atoms with Gasteiger partial charge in [-0.2, -0.15) is 0 Å². The number of rotatable bonds is 6. The summed E-state index contributed by atoms with van der Waals surface area (Å²) in [5.41, 5.74) is 1.38. The first-order valence-corrected chi connectivity index (χ1v) is 7.65. The second-order valence-electron chi connectivity index (χ2n) is 4.27. The van der Waals surface area contributed by atoms with Crippen molar-refractivity contribution in [2.24, 2.45) is 0 Å². The van der Waals surface area contributed by atoms with E-state index in [4.69, 9.17) is 28.3 Å². The summed E-state index contributed by atoms with van der Waals surface area (Å²) >= 11 is 13.4. The maximum Gasteiger partial charge on any atom is 0.336 e. The number of aromatic carboxylic acids is 1. The van der Waals surface area contributed by atoms with Crippen molar-refractivity contribution in [3.05, 3.63) is 55.7 Å². The number of benzene rings is 1. The van der Waals surface area contributed by atoms with Crippen LogP contribution in [-0.2, 0) is 13.0 Å². The molecule has 0 atom stereocenters. The van der Waals surface area contributed by atoms with E-state index in [1.807, 2.05) is 12.1 Å². The minimum absolute atomic E-state index is 0.340. The molecule has 2 N–H and O–H groups in total. The van der Waals surface area contributed by atoms with E-state index < -0.39 is 5.97 Å². The van der Waals surface area contributed by atoms with Gasteiger partial charge in [-0.25, -0.2) is 4.79 Å². The summed E-state index contributed by atoms with van der Waals surface area (Å²) in [6.07, 6.45) is 0.799. The Hall–Kier alpha value is -1.07. The maximum atomic E-state index is 10.8. The topological polar surface area (TPSA) is 49.3 Å². The molecule has 0 bridgehead atoms. The molecule has 0 fully saturated rings. The normalized spacial score (nSPS) is 10.7. The monoisotopic (exact) mass is 329 g/mol. The van der Waals surface area contributed by atoms with E-state index in [9.17, 15) is 4.79 Å². The molecule has 0 radical (unpaired) electrons. The van der Waals surface area contributed by atoms with Crippen LogP contribution in [0, 0.1) is 0 Å². The number of hydrogen-bond acceptors (Lipinski definition) is 3. The Kier molecular flexibility index (Phi) is 5.43. The number of carboxylic acids is 1. The molecule has 0 amide bonds. The van der Waals surface area contributed by atoms with Gasteiger partial charge in [0.15, 0.2) is 0 Å². The van der Waals surface area contributed by atoms with Gasteiger partial charge in [-0.1, -0.05) is 29.3 Å². The van der Waals surface area contributed by atoms with Gasteiger partial charge in [0.2, 0.25) is 0 Å². The predicted molar refractivity (Wildman–Crippen MR) is 83.2 cm³/mol. The van der Waals surface area contributed by atoms with Gasteiger partial charge < -0.3 is 10.4 Å². The van der Waals surface area contributed by atoms with Crippen LogP contribution in [-0.4, -0.2) is 17.6 Å². The molecule has 20 heavy (non-hydrogen) atoms. The second kappa shape index (κ2) is 7.09. The zero-order valence-corrected chi connectivity index (χ0v) is 12.9. The third kappa shape index (κ3) is 4.21. The number of thiophene rings is 1. The molecule has 2 rings (SSSR count). The van der Waals surface area contributed by atoms with Gasteiger partial charge in [0, 0.05) is 26.8 Å². The minimum atomic E-state index is -0.888. The summed E-state index contributed by atoms with van der Waals surface area (Å²) < 4.78 is 0. The van der Waals surface area contributed by atoms with Crippen LogP contribution in [0.2, 0.25) is 10.0 Å². The molecular formula is C14H13Cl2NO2S. The minimum Gasteiger partial charge on any atom is -0.478 e. The van der Waals surface area contributed by atoms with Crippen LogP contribution >= 0.6 is 34.5 Å². The molecule has 0 aliphatic rings. The summed E-state index contributed by atoms with van der Waals surface area (Å²) in [6.45, 7) is 1.42. The van der Waals surface area contributed by atoms with Gasteiger partial charge >= 0.3 is 5.97 Å². The molecule has 0 spiro atoms. The predicted octanol–water partition coefficient (Wildman–Crippen LogP) is 4.09. The van der Waals surface area contributed by atoms with Crippen LogP contribution in [0.1, 0.15) is 20.8 Å². The van der Waals surface area contributed by atoms with Crippen LogP contribution in [0.25, 0.3) is 0 Å². The van der Waals surface area contributed by atoms with Gasteiger partial charge in [0.25, 0.3) is 0 Å². The Balaban J connectivity index is 1.79. The van der Waals surface area contributed by atoms with Gasteiger partial charge in [-0.05, 0) is 36.7 Å². The Morgan fingerprint density at radius 1 is 1.30 bits per heavy atom. The lowest BCUT2D eigenvalue weighted by molar-refractivity contribution is 0.0697. The fraction of sp³-hybridized carbons (Fsp3) is 0.214. The molecule has 0 saturated carbocycles. The van der Waals surface area contributed by atoms with E-state index in [0.29, 0.717) is 22.2 Å². The van der Waals surface area contributed by atoms with Crippen molar-refractivity contribution < 1.29 is 9.90 Å². The summed E-state index contributed by atoms with van der Waals surface area (Å²) in [5.74, 6) is -0.888. The Labute approximate surface area is 131 Å². The molecule has 1 aromatic carbocycles. The smallest absolute Gasteiger partial charge is 0.336 e. The number of carbonyl (C=O) groups is 1. The van der Waals surface area contributed by atoms with E-state index in [1.165, 1.54) is 11.3 Å². The molecule has 2 aromatic rings. The van der Waals surface area contributed by atoms with Gasteiger partial charge in [-0.3, -0.25) is 0 Å². The SMILES string of the molecule is O=C(O)c1csc(CNCCc2ccc(Cl)cc2Cl)c1. The average molecular weight is 330 g/mol. The third-order valence-electron chi connectivity index (χ3n) is 2.79. The van der Waals surface area contributed by atoms with E-state index >= 15 is 0 Å². The van der Waals surface area contributed by atoms with Gasteiger partial charge in [0.1, 0.15) is 0 Å². The average Bonchev–Trinajstić information content (AvgIpc) is 2.85. The highest BCUT2D eigenvalue weighted by atomic mass is 35.5. The molecule has 6 heteroatoms. The Bertz CT molecular complexity index is 613. The summed E-state index contributed by atoms with van der Waals surface area (Å²) in [4.78, 5) is 11.8. The number of nitrogens with one attached hydrogen (secondary N) is 1. The fourth-order valence-electron chi connectivity index (χ4n) is 1.74. The quantitative estimate of drug-likeness (QED) is 0.785. The van der Waals surface area contributed by atoms with Gasteiger partial charge in [-0.15, -0.1) is 11.3 Å². The van der Waals surface area contributed by atoms with Crippen LogP contribution < -0.4 is 5.32 Å². The number of hydrogen-bond donors (Lipinski definition) is 2. The molecule has 1 heterocycles. The molecule has 3 nitrogen and oxygen atoms in total. The van der Waals surface area contributed by atoms with Crippen molar-refractivity contribution in [1.82, 2.24) is 5.32 Å². The lowest BCUT2D eigenvalue weighted by atomic mass is 10.1. The number of halogens is 2. The molecule has 1 aromatic heterocycles. The van der Waals surface area contributed by atoms with Crippen molar-refractivity contribution in [3.8, 4) is 0 Å². The van der Waals surface area contributed by atoms with Gasteiger partial charge in [0.05, 0.1) is 5.56 Å². The van der Waals surface area contributed by atoms with E-state index in [0.717, 1.165) is 23.4 Å². The zero-order valence-electron chi connectivity index (χ0n) is 10.5. The van der Waals surface area contributed by atoms with Crippen molar-refractivity contribution >= 4 is 40.5 Å². The highest BCUT2D eigenvalue weighted by molar-refractivity contribution is 7.10. The largest absolute Gasteiger partial charge is 0.478 e. The molecule has 0 unspecified atom stereocenters. The summed E-state index contributed by atoms with van der Waals surface area (Å²) in [5, 5.41) is 15.1. The summed E-state index contributed by atoms with van der Waals surface area (Å²) in [7, 11) is 0. The van der Waals surface area contributed by atoms with Crippen molar-refractivity contribution in [3.63, 3.8) is 0 Å². The maximum absolute atomic E-state index is 10.8. The molecular weight excluding hydrogens is 317 g/mol. The lowest BCUT2D eigenvalue weighted by Gasteiger charge is -2.06. The van der Waals surface area contributed by atoms with E-state index in [1.54, 1.807) is 17.5 Å². The van der Waals surface area contributed by atoms with Crippen LogP contribution in [0.3, 0.4) is 0 Å². The highest BCUT2D eigenvalue weighted by Crippen LogP contribution is 2.21. The molecule has 0 aliphatic carbocycles. The third-order valence-corrected chi connectivity index (χ3v) is 4.31. The Morgan fingerprint density at radius 2 is 2.10 bits per heavy atom. The van der Waals surface area contributed by atoms with Crippen molar-refractivity contribution in [1.29, 1.82) is 0 Å².